The second-order valence-electron chi connectivity index (χ2n) is 6.00. The molecule has 0 aliphatic carbocycles. The highest BCUT2D eigenvalue weighted by atomic mass is 35.5. The van der Waals surface area contributed by atoms with Gasteiger partial charge >= 0.3 is 0 Å². The number of aromatic nitrogens is 3. The Kier molecular flexibility index (Phi) is 5.63. The molecule has 0 bridgehead atoms. The largest absolute Gasteiger partial charge is 0.353 e. The summed E-state index contributed by atoms with van der Waals surface area (Å²) >= 11 is 6.31. The predicted octanol–water partition coefficient (Wildman–Crippen LogP) is 4.68. The zero-order valence-electron chi connectivity index (χ0n) is 14.6. The van der Waals surface area contributed by atoms with Crippen molar-refractivity contribution in [2.75, 3.05) is 17.2 Å². The molecule has 0 unspecified atom stereocenters. The molecule has 0 amide bonds. The van der Waals surface area contributed by atoms with E-state index in [4.69, 9.17) is 11.6 Å². The van der Waals surface area contributed by atoms with Gasteiger partial charge in [0.2, 0.25) is 5.95 Å². The quantitative estimate of drug-likeness (QED) is 0.658. The van der Waals surface area contributed by atoms with Gasteiger partial charge in [0.1, 0.15) is 5.82 Å². The van der Waals surface area contributed by atoms with E-state index in [0.717, 1.165) is 16.8 Å². The molecule has 0 saturated carbocycles. The second kappa shape index (κ2) is 8.10. The van der Waals surface area contributed by atoms with Crippen molar-refractivity contribution < 1.29 is 4.39 Å². The van der Waals surface area contributed by atoms with Crippen LogP contribution in [-0.4, -0.2) is 21.7 Å². The van der Waals surface area contributed by atoms with Gasteiger partial charge in [0, 0.05) is 6.54 Å². The molecule has 0 fully saturated rings. The Morgan fingerprint density at radius 2 is 1.96 bits per heavy atom. The molecule has 3 rings (SSSR count). The number of anilines is 3. The summed E-state index contributed by atoms with van der Waals surface area (Å²) in [7, 11) is 0. The summed E-state index contributed by atoms with van der Waals surface area (Å²) < 4.78 is 13.6. The number of rotatable bonds is 6. The standard InChI is InChI=1S/C19H19ClFN5/c1-12-9-13(2)18(15(20)10-12)24-17-11-23-26-19(25-17)22-8-7-14-5-3-4-6-16(14)21/h3-6,9-11H,7-8H2,1-2H3,(H2,22,24,25,26). The van der Waals surface area contributed by atoms with Crippen molar-refractivity contribution in [3.63, 3.8) is 0 Å². The lowest BCUT2D eigenvalue weighted by Gasteiger charge is -2.12. The highest BCUT2D eigenvalue weighted by Gasteiger charge is 2.08. The van der Waals surface area contributed by atoms with Gasteiger partial charge in [-0.15, -0.1) is 5.10 Å². The van der Waals surface area contributed by atoms with Crippen LogP contribution in [0.4, 0.5) is 21.8 Å². The van der Waals surface area contributed by atoms with Crippen molar-refractivity contribution in [1.82, 2.24) is 15.2 Å². The molecule has 2 aromatic carbocycles. The first-order chi connectivity index (χ1) is 12.5. The van der Waals surface area contributed by atoms with Crippen LogP contribution >= 0.6 is 11.6 Å². The third kappa shape index (κ3) is 4.46. The van der Waals surface area contributed by atoms with Crippen LogP contribution in [0.1, 0.15) is 16.7 Å². The van der Waals surface area contributed by atoms with Gasteiger partial charge < -0.3 is 10.6 Å². The molecule has 0 radical (unpaired) electrons. The van der Waals surface area contributed by atoms with Crippen LogP contribution in [-0.2, 0) is 6.42 Å². The van der Waals surface area contributed by atoms with Crippen LogP contribution in [0.25, 0.3) is 0 Å². The molecule has 26 heavy (non-hydrogen) atoms. The predicted molar refractivity (Wildman–Crippen MR) is 103 cm³/mol. The molecule has 0 aliphatic heterocycles. The van der Waals surface area contributed by atoms with Crippen LogP contribution in [0.3, 0.4) is 0 Å². The smallest absolute Gasteiger partial charge is 0.244 e. The van der Waals surface area contributed by atoms with E-state index in [1.807, 2.05) is 32.0 Å². The van der Waals surface area contributed by atoms with E-state index < -0.39 is 0 Å². The van der Waals surface area contributed by atoms with Gasteiger partial charge in [-0.1, -0.05) is 35.9 Å². The monoisotopic (exact) mass is 371 g/mol. The summed E-state index contributed by atoms with van der Waals surface area (Å²) in [6.45, 7) is 4.46. The summed E-state index contributed by atoms with van der Waals surface area (Å²) in [6.07, 6.45) is 2.05. The highest BCUT2D eigenvalue weighted by molar-refractivity contribution is 6.33. The number of halogens is 2. The van der Waals surface area contributed by atoms with E-state index in [1.165, 1.54) is 12.3 Å². The van der Waals surface area contributed by atoms with Gasteiger partial charge in [0.15, 0.2) is 5.82 Å². The van der Waals surface area contributed by atoms with Gasteiger partial charge in [-0.2, -0.15) is 10.1 Å². The number of hydrogen-bond donors (Lipinski definition) is 2. The van der Waals surface area contributed by atoms with Crippen molar-refractivity contribution in [2.24, 2.45) is 0 Å². The lowest BCUT2D eigenvalue weighted by molar-refractivity contribution is 0.610. The van der Waals surface area contributed by atoms with E-state index in [2.05, 4.69) is 25.8 Å². The van der Waals surface area contributed by atoms with Crippen LogP contribution < -0.4 is 10.6 Å². The van der Waals surface area contributed by atoms with Gasteiger partial charge in [-0.05, 0) is 49.1 Å². The molecule has 7 heteroatoms. The molecule has 1 heterocycles. The van der Waals surface area contributed by atoms with Gasteiger partial charge in [0.05, 0.1) is 16.9 Å². The Balaban J connectivity index is 1.66. The number of benzene rings is 2. The Morgan fingerprint density at radius 3 is 2.73 bits per heavy atom. The Labute approximate surface area is 156 Å². The fourth-order valence-corrected chi connectivity index (χ4v) is 3.02. The first-order valence-corrected chi connectivity index (χ1v) is 8.61. The number of aryl methyl sites for hydroxylation is 2. The average Bonchev–Trinajstić information content (AvgIpc) is 2.60. The van der Waals surface area contributed by atoms with E-state index in [1.54, 1.807) is 12.1 Å². The SMILES string of the molecule is Cc1cc(C)c(Nc2cnnc(NCCc3ccccc3F)n2)c(Cl)c1. The molecule has 3 aromatic rings. The fourth-order valence-electron chi connectivity index (χ4n) is 2.65. The molecule has 0 atom stereocenters. The topological polar surface area (TPSA) is 62.7 Å². The van der Waals surface area contributed by atoms with Crippen LogP contribution in [0, 0.1) is 19.7 Å². The molecular formula is C19H19ClFN5. The zero-order valence-corrected chi connectivity index (χ0v) is 15.3. The second-order valence-corrected chi connectivity index (χ2v) is 6.40. The average molecular weight is 372 g/mol. The summed E-state index contributed by atoms with van der Waals surface area (Å²) in [5.74, 6) is 0.683. The Morgan fingerprint density at radius 1 is 1.15 bits per heavy atom. The molecule has 0 spiro atoms. The number of nitrogens with one attached hydrogen (secondary N) is 2. The van der Waals surface area contributed by atoms with Crippen LogP contribution in [0.5, 0.6) is 0 Å². The minimum atomic E-state index is -0.215. The maximum atomic E-state index is 13.6. The van der Waals surface area contributed by atoms with Gasteiger partial charge in [-0.25, -0.2) is 4.39 Å². The Hall–Kier alpha value is -2.73. The summed E-state index contributed by atoms with van der Waals surface area (Å²) in [6, 6.07) is 10.6. The number of hydrogen-bond acceptors (Lipinski definition) is 5. The van der Waals surface area contributed by atoms with Crippen molar-refractivity contribution in [3.8, 4) is 0 Å². The van der Waals surface area contributed by atoms with Crippen molar-refractivity contribution in [2.45, 2.75) is 20.3 Å². The maximum absolute atomic E-state index is 13.6. The summed E-state index contributed by atoms with van der Waals surface area (Å²) in [5.41, 5.74) is 3.54. The van der Waals surface area contributed by atoms with Crippen LogP contribution in [0.2, 0.25) is 5.02 Å². The minimum Gasteiger partial charge on any atom is -0.353 e. The molecular weight excluding hydrogens is 353 g/mol. The number of nitrogens with zero attached hydrogens (tertiary/aromatic N) is 3. The molecule has 0 aliphatic rings. The minimum absolute atomic E-state index is 0.215. The lowest BCUT2D eigenvalue weighted by atomic mass is 10.1. The first kappa shape index (κ1) is 18.1. The molecule has 2 N–H and O–H groups in total. The maximum Gasteiger partial charge on any atom is 0.244 e. The Bertz CT molecular complexity index is 893. The van der Waals surface area contributed by atoms with Crippen molar-refractivity contribution in [3.05, 3.63) is 70.1 Å². The third-order valence-electron chi connectivity index (χ3n) is 3.88. The highest BCUT2D eigenvalue weighted by Crippen LogP contribution is 2.29. The van der Waals surface area contributed by atoms with E-state index >= 15 is 0 Å². The van der Waals surface area contributed by atoms with E-state index in [0.29, 0.717) is 35.3 Å². The van der Waals surface area contributed by atoms with Crippen LogP contribution in [0.15, 0.2) is 42.6 Å². The van der Waals surface area contributed by atoms with E-state index in [-0.39, 0.29) is 5.82 Å². The summed E-state index contributed by atoms with van der Waals surface area (Å²) in [5, 5.41) is 14.8. The lowest BCUT2D eigenvalue weighted by Crippen LogP contribution is -2.10. The van der Waals surface area contributed by atoms with Crippen molar-refractivity contribution in [1.29, 1.82) is 0 Å². The van der Waals surface area contributed by atoms with Gasteiger partial charge in [0.25, 0.3) is 0 Å². The summed E-state index contributed by atoms with van der Waals surface area (Å²) in [4.78, 5) is 4.38. The molecule has 1 aromatic heterocycles. The van der Waals surface area contributed by atoms with Crippen molar-refractivity contribution >= 4 is 29.1 Å². The fraction of sp³-hybridized carbons (Fsp3) is 0.211. The van der Waals surface area contributed by atoms with Gasteiger partial charge in [-0.3, -0.25) is 0 Å². The normalized spacial score (nSPS) is 10.6. The molecule has 5 nitrogen and oxygen atoms in total. The molecule has 134 valence electrons. The zero-order chi connectivity index (χ0) is 18.5. The third-order valence-corrected chi connectivity index (χ3v) is 4.18. The first-order valence-electron chi connectivity index (χ1n) is 8.23. The molecule has 0 saturated heterocycles. The van der Waals surface area contributed by atoms with E-state index in [9.17, 15) is 4.39 Å².